The van der Waals surface area contributed by atoms with Gasteiger partial charge in [0.15, 0.2) is 17.4 Å². The van der Waals surface area contributed by atoms with Crippen LogP contribution < -0.4 is 3.79 Å². The van der Waals surface area contributed by atoms with Crippen LogP contribution >= 0.6 is 0 Å². The largest absolute Gasteiger partial charge is 0.638 e. The predicted octanol–water partition coefficient (Wildman–Crippen LogP) is 4.23. The molecule has 1 radical (unpaired) electrons. The van der Waals surface area contributed by atoms with Crippen molar-refractivity contribution in [2.24, 2.45) is 0 Å². The summed E-state index contributed by atoms with van der Waals surface area (Å²) in [6.07, 6.45) is 0. The first-order chi connectivity index (χ1) is 8.25. The molecule has 0 aromatic heterocycles. The van der Waals surface area contributed by atoms with Crippen LogP contribution in [0.5, 0.6) is 5.75 Å². The van der Waals surface area contributed by atoms with Crippen LogP contribution in [0.2, 0.25) is 9.56 Å². The molecule has 0 heterocycles. The van der Waals surface area contributed by atoms with Crippen molar-refractivity contribution in [1.82, 2.24) is 0 Å². The van der Waals surface area contributed by atoms with Gasteiger partial charge in [-0.05, 0) is 9.56 Å². The van der Waals surface area contributed by atoms with E-state index in [4.69, 9.17) is 3.79 Å². The average molecular weight is 277 g/mol. The lowest BCUT2D eigenvalue weighted by molar-refractivity contribution is 0.387. The molecule has 6 heteroatoms. The molecule has 0 N–H and O–H groups in total. The average Bonchev–Trinajstić information content (AvgIpc) is 2.25. The zero-order valence-corrected chi connectivity index (χ0v) is 11.8. The van der Waals surface area contributed by atoms with Crippen molar-refractivity contribution in [2.75, 3.05) is 0 Å². The first kappa shape index (κ1) is 15.3. The van der Waals surface area contributed by atoms with Gasteiger partial charge >= 0.3 is 14.5 Å². The molecule has 18 heavy (non-hydrogen) atoms. The zero-order valence-electron chi connectivity index (χ0n) is 10.7. The van der Waals surface area contributed by atoms with Crippen molar-refractivity contribution < 1.29 is 21.4 Å². The topological polar surface area (TPSA) is 9.23 Å². The number of hydrogen-bond donors (Lipinski definition) is 0. The van der Waals surface area contributed by atoms with Gasteiger partial charge in [-0.25, -0.2) is 8.78 Å². The molecule has 0 fully saturated rings. The van der Waals surface area contributed by atoms with E-state index in [9.17, 15) is 17.6 Å². The van der Waals surface area contributed by atoms with Gasteiger partial charge in [0.05, 0.1) is 6.07 Å². The Morgan fingerprint density at radius 1 is 0.889 bits per heavy atom. The molecule has 0 bridgehead atoms. The van der Waals surface area contributed by atoms with Crippen molar-refractivity contribution in [2.45, 2.75) is 37.3 Å². The van der Waals surface area contributed by atoms with Crippen molar-refractivity contribution >= 4 is 14.5 Å². The summed E-state index contributed by atoms with van der Waals surface area (Å²) in [5, 5.41) is 0. The highest BCUT2D eigenvalue weighted by Crippen LogP contribution is 2.30. The second-order valence-corrected chi connectivity index (χ2v) is 8.61. The van der Waals surface area contributed by atoms with Crippen molar-refractivity contribution in [3.8, 4) is 5.75 Å². The number of halogens is 4. The highest BCUT2D eigenvalue weighted by Gasteiger charge is 2.34. The summed E-state index contributed by atoms with van der Waals surface area (Å²) in [5.74, 6) is -7.13. The van der Waals surface area contributed by atoms with Gasteiger partial charge in [0, 0.05) is 0 Å². The summed E-state index contributed by atoms with van der Waals surface area (Å²) < 4.78 is 58.2. The van der Waals surface area contributed by atoms with E-state index in [-0.39, 0.29) is 9.56 Å². The van der Waals surface area contributed by atoms with Gasteiger partial charge in [-0.15, -0.1) is 0 Å². The fourth-order valence-electron chi connectivity index (χ4n) is 1.78. The monoisotopic (exact) mass is 277 g/mol. The van der Waals surface area contributed by atoms with Crippen LogP contribution in [0.4, 0.5) is 17.6 Å². The van der Waals surface area contributed by atoms with Crippen LogP contribution in [0.25, 0.3) is 0 Å². The molecule has 0 atom stereocenters. The second-order valence-electron chi connectivity index (χ2n) is 4.78. The lowest BCUT2D eigenvalue weighted by Gasteiger charge is -2.21. The molecule has 0 unspecified atom stereocenters. The van der Waals surface area contributed by atoms with Crippen LogP contribution in [-0.2, 0) is 0 Å². The molecule has 0 aliphatic heterocycles. The van der Waals surface area contributed by atoms with Crippen molar-refractivity contribution in [3.63, 3.8) is 0 Å². The van der Waals surface area contributed by atoms with E-state index in [0.717, 1.165) is 0 Å². The van der Waals surface area contributed by atoms with Gasteiger partial charge in [0.1, 0.15) is 0 Å². The van der Waals surface area contributed by atoms with E-state index in [1.165, 1.54) is 6.07 Å². The minimum Gasteiger partial charge on any atom is -0.638 e. The minimum absolute atomic E-state index is 0.0825. The van der Waals surface area contributed by atoms with E-state index < -0.39 is 43.5 Å². The van der Waals surface area contributed by atoms with Crippen LogP contribution in [0.15, 0.2) is 0 Å². The third-order valence-electron chi connectivity index (χ3n) is 2.57. The van der Waals surface area contributed by atoms with Gasteiger partial charge < -0.3 is 3.79 Å². The van der Waals surface area contributed by atoms with Crippen LogP contribution in [-0.4, -0.2) is 14.5 Å². The van der Waals surface area contributed by atoms with Gasteiger partial charge in [0.2, 0.25) is 11.6 Å². The molecule has 1 aromatic carbocycles. The van der Waals surface area contributed by atoms with Crippen LogP contribution in [0, 0.1) is 29.3 Å². The lowest BCUT2D eigenvalue weighted by atomic mass is 10.3. The molecule has 1 nitrogen and oxygen atoms in total. The summed E-state index contributed by atoms with van der Waals surface area (Å²) >= 11 is -2.03. The highest BCUT2D eigenvalue weighted by atomic mass is 27.2. The fourth-order valence-corrected chi connectivity index (χ4v) is 4.35. The molecule has 0 aliphatic carbocycles. The Kier molecular flexibility index (Phi) is 5.06. The Morgan fingerprint density at radius 2 is 1.28 bits per heavy atom. The Labute approximate surface area is 108 Å². The Balaban J connectivity index is 3.17. The van der Waals surface area contributed by atoms with Gasteiger partial charge in [0.25, 0.3) is 0 Å². The summed E-state index contributed by atoms with van der Waals surface area (Å²) in [5.41, 5.74) is 0. The van der Waals surface area contributed by atoms with E-state index in [0.29, 0.717) is 0 Å². The molecular formula is C12H14AlF4O. The molecule has 0 spiro atoms. The maximum atomic E-state index is 13.4. The number of hydrogen-bond acceptors (Lipinski definition) is 1. The van der Waals surface area contributed by atoms with E-state index in [2.05, 4.69) is 0 Å². The Morgan fingerprint density at radius 3 is 1.61 bits per heavy atom. The van der Waals surface area contributed by atoms with Crippen molar-refractivity contribution in [3.05, 3.63) is 29.3 Å². The van der Waals surface area contributed by atoms with Crippen LogP contribution in [0.3, 0.4) is 0 Å². The summed E-state index contributed by atoms with van der Waals surface area (Å²) in [6, 6.07) is 1.33. The lowest BCUT2D eigenvalue weighted by Crippen LogP contribution is -2.30. The Hall–Kier alpha value is -0.728. The zero-order chi connectivity index (χ0) is 14.0. The number of rotatable bonds is 4. The maximum Gasteiger partial charge on any atom is 0.552 e. The molecule has 0 aliphatic rings. The smallest absolute Gasteiger partial charge is 0.552 e. The van der Waals surface area contributed by atoms with E-state index in [1.807, 2.05) is 27.7 Å². The second kappa shape index (κ2) is 5.94. The molecule has 99 valence electrons. The Bertz CT molecular complexity index is 400. The first-order valence-corrected chi connectivity index (χ1v) is 7.48. The van der Waals surface area contributed by atoms with Crippen molar-refractivity contribution in [1.29, 1.82) is 0 Å². The fraction of sp³-hybridized carbons (Fsp3) is 0.500. The van der Waals surface area contributed by atoms with Gasteiger partial charge in [-0.1, -0.05) is 27.7 Å². The molecule has 0 saturated heterocycles. The van der Waals surface area contributed by atoms with Gasteiger partial charge in [-0.2, -0.15) is 8.78 Å². The quantitative estimate of drug-likeness (QED) is 0.454. The maximum absolute atomic E-state index is 13.4. The summed E-state index contributed by atoms with van der Waals surface area (Å²) in [7, 11) is 0. The summed E-state index contributed by atoms with van der Waals surface area (Å²) in [6.45, 7) is 7.42. The molecule has 0 saturated carbocycles. The van der Waals surface area contributed by atoms with E-state index in [1.54, 1.807) is 0 Å². The third-order valence-corrected chi connectivity index (χ3v) is 5.71. The summed E-state index contributed by atoms with van der Waals surface area (Å²) in [4.78, 5) is 0. The van der Waals surface area contributed by atoms with Gasteiger partial charge in [-0.3, -0.25) is 0 Å². The SMILES string of the molecule is C[CH](C)[Al]([O]c1c(F)c(F)[c]c(F)c1F)[CH](C)C. The third kappa shape index (κ3) is 3.18. The highest BCUT2D eigenvalue weighted by molar-refractivity contribution is 6.55. The molecule has 1 aromatic rings. The minimum atomic E-state index is -2.03. The normalized spacial score (nSPS) is 11.2. The van der Waals surface area contributed by atoms with E-state index >= 15 is 0 Å². The molecule has 1 rings (SSSR count). The van der Waals surface area contributed by atoms with Crippen LogP contribution in [0.1, 0.15) is 27.7 Å². The first-order valence-electron chi connectivity index (χ1n) is 5.67. The number of benzene rings is 1. The molecular weight excluding hydrogens is 263 g/mol. The molecule has 0 amide bonds. The standard InChI is InChI=1S/C6HF4O.2C3H7.Al/c7-2-1-3(8)5(10)6(11)4(2)9;2*1-3-2;/h11H;2*3H,1-2H3;/q;;;+1/p-1. The predicted molar refractivity (Wildman–Crippen MR) is 61.7 cm³/mol.